The lowest BCUT2D eigenvalue weighted by Crippen LogP contribution is -2.02. The minimum Gasteiger partial charge on any atom is -0.339 e. The Balaban J connectivity index is 2.23. The summed E-state index contributed by atoms with van der Waals surface area (Å²) < 4.78 is 18.5. The van der Waals surface area contributed by atoms with Gasteiger partial charge in [-0.1, -0.05) is 18.1 Å². The molecule has 0 radical (unpaired) electrons. The summed E-state index contributed by atoms with van der Waals surface area (Å²) in [6.07, 6.45) is 1.82. The normalized spacial score (nSPS) is 12.6. The molecule has 0 aliphatic carbocycles. The van der Waals surface area contributed by atoms with Crippen molar-refractivity contribution in [3.63, 3.8) is 0 Å². The Kier molecular flexibility index (Phi) is 4.27. The third-order valence-electron chi connectivity index (χ3n) is 3.15. The van der Waals surface area contributed by atoms with Gasteiger partial charge in [0.1, 0.15) is 5.82 Å². The fourth-order valence-corrected chi connectivity index (χ4v) is 1.93. The molecule has 0 spiro atoms. The van der Waals surface area contributed by atoms with E-state index in [1.54, 1.807) is 6.07 Å². The van der Waals surface area contributed by atoms with Gasteiger partial charge in [0.05, 0.1) is 0 Å². The van der Waals surface area contributed by atoms with Crippen LogP contribution in [-0.4, -0.2) is 16.7 Å². The highest BCUT2D eigenvalue weighted by Gasteiger charge is 2.16. The van der Waals surface area contributed by atoms with E-state index in [2.05, 4.69) is 10.1 Å². The average Bonchev–Trinajstić information content (AvgIpc) is 2.88. The zero-order valence-corrected chi connectivity index (χ0v) is 11.2. The van der Waals surface area contributed by atoms with E-state index in [1.807, 2.05) is 13.8 Å². The van der Waals surface area contributed by atoms with Crippen LogP contribution in [0.25, 0.3) is 11.4 Å². The molecule has 0 aliphatic rings. The predicted molar refractivity (Wildman–Crippen MR) is 71.1 cm³/mol. The van der Waals surface area contributed by atoms with E-state index in [0.29, 0.717) is 23.8 Å². The van der Waals surface area contributed by atoms with Crippen molar-refractivity contribution in [3.05, 3.63) is 35.5 Å². The van der Waals surface area contributed by atoms with E-state index < -0.39 is 0 Å². The summed E-state index contributed by atoms with van der Waals surface area (Å²) in [5.41, 5.74) is 7.07. The number of halogens is 1. The zero-order valence-electron chi connectivity index (χ0n) is 11.2. The first-order chi connectivity index (χ1) is 9.11. The minimum atomic E-state index is -0.303. The van der Waals surface area contributed by atoms with Crippen molar-refractivity contribution >= 4 is 0 Å². The molecule has 5 heteroatoms. The van der Waals surface area contributed by atoms with Crippen LogP contribution < -0.4 is 5.73 Å². The quantitative estimate of drug-likeness (QED) is 0.900. The summed E-state index contributed by atoms with van der Waals surface area (Å²) in [5.74, 6) is 0.875. The Labute approximate surface area is 111 Å². The Morgan fingerprint density at radius 1 is 1.42 bits per heavy atom. The van der Waals surface area contributed by atoms with Crippen molar-refractivity contribution in [2.75, 3.05) is 6.54 Å². The lowest BCUT2D eigenvalue weighted by molar-refractivity contribution is 0.352. The van der Waals surface area contributed by atoms with Gasteiger partial charge in [-0.3, -0.25) is 0 Å². The summed E-state index contributed by atoms with van der Waals surface area (Å²) in [7, 11) is 0. The Morgan fingerprint density at radius 3 is 2.95 bits per heavy atom. The van der Waals surface area contributed by atoms with Crippen LogP contribution in [0.5, 0.6) is 0 Å². The molecule has 0 saturated carbocycles. The predicted octanol–water partition coefficient (Wildman–Crippen LogP) is 3.03. The maximum Gasteiger partial charge on any atom is 0.229 e. The summed E-state index contributed by atoms with van der Waals surface area (Å²) in [6, 6.07) is 4.55. The molecule has 102 valence electrons. The van der Waals surface area contributed by atoms with Crippen LogP contribution in [0.15, 0.2) is 22.7 Å². The van der Waals surface area contributed by atoms with Gasteiger partial charge in [-0.2, -0.15) is 4.98 Å². The smallest absolute Gasteiger partial charge is 0.229 e. The molecule has 0 amide bonds. The molecule has 4 nitrogen and oxygen atoms in total. The van der Waals surface area contributed by atoms with Crippen LogP contribution in [0.4, 0.5) is 4.39 Å². The molecule has 1 unspecified atom stereocenters. The molecule has 2 aromatic rings. The molecule has 0 aliphatic heterocycles. The van der Waals surface area contributed by atoms with Gasteiger partial charge in [0, 0.05) is 11.5 Å². The Bertz CT molecular complexity index is 553. The highest BCUT2D eigenvalue weighted by atomic mass is 19.1. The highest BCUT2D eigenvalue weighted by molar-refractivity contribution is 5.59. The number of hydrogen-bond donors (Lipinski definition) is 1. The van der Waals surface area contributed by atoms with Crippen LogP contribution in [0.3, 0.4) is 0 Å². The van der Waals surface area contributed by atoms with Crippen LogP contribution in [-0.2, 0) is 0 Å². The van der Waals surface area contributed by atoms with Gasteiger partial charge in [-0.25, -0.2) is 4.39 Å². The molecule has 19 heavy (non-hydrogen) atoms. The molecular formula is C14H18FN3O. The van der Waals surface area contributed by atoms with Gasteiger partial charge in [-0.05, 0) is 44.0 Å². The molecule has 0 bridgehead atoms. The largest absolute Gasteiger partial charge is 0.339 e. The van der Waals surface area contributed by atoms with E-state index in [9.17, 15) is 4.39 Å². The fourth-order valence-electron chi connectivity index (χ4n) is 1.93. The highest BCUT2D eigenvalue weighted by Crippen LogP contribution is 2.25. The Hall–Kier alpha value is -1.75. The van der Waals surface area contributed by atoms with Crippen molar-refractivity contribution in [2.45, 2.75) is 32.6 Å². The van der Waals surface area contributed by atoms with E-state index in [4.69, 9.17) is 10.3 Å². The van der Waals surface area contributed by atoms with Gasteiger partial charge >= 0.3 is 0 Å². The third kappa shape index (κ3) is 3.17. The third-order valence-corrected chi connectivity index (χ3v) is 3.15. The van der Waals surface area contributed by atoms with Crippen molar-refractivity contribution < 1.29 is 8.91 Å². The lowest BCUT2D eigenvalue weighted by atomic mass is 10.1. The molecule has 1 aromatic heterocycles. The minimum absolute atomic E-state index is 0.165. The molecule has 0 saturated heterocycles. The van der Waals surface area contributed by atoms with Crippen LogP contribution in [0, 0.1) is 12.7 Å². The zero-order chi connectivity index (χ0) is 13.8. The van der Waals surface area contributed by atoms with Gasteiger partial charge in [0.2, 0.25) is 11.7 Å². The average molecular weight is 263 g/mol. The molecule has 1 heterocycles. The number of nitrogens with zero attached hydrogens (tertiary/aromatic N) is 2. The number of benzene rings is 1. The second-order valence-electron chi connectivity index (χ2n) is 4.75. The number of aromatic nitrogens is 2. The molecule has 1 aromatic carbocycles. The SMILES string of the molecule is Cc1ccc(F)cc1-c1noc(C(C)CCCN)n1. The fraction of sp³-hybridized carbons (Fsp3) is 0.429. The van der Waals surface area contributed by atoms with Crippen LogP contribution >= 0.6 is 0 Å². The molecule has 1 atom stereocenters. The lowest BCUT2D eigenvalue weighted by Gasteiger charge is -2.03. The standard InChI is InChI=1S/C14H18FN3O/c1-9-5-6-11(15)8-12(9)13-17-14(19-18-13)10(2)4-3-7-16/h5-6,8,10H,3-4,7,16H2,1-2H3. The summed E-state index contributed by atoms with van der Waals surface area (Å²) in [6.45, 7) is 4.56. The van der Waals surface area contributed by atoms with E-state index in [1.165, 1.54) is 12.1 Å². The Morgan fingerprint density at radius 2 is 2.21 bits per heavy atom. The van der Waals surface area contributed by atoms with Gasteiger partial charge in [0.15, 0.2) is 0 Å². The van der Waals surface area contributed by atoms with Gasteiger partial charge < -0.3 is 10.3 Å². The first-order valence-corrected chi connectivity index (χ1v) is 6.42. The first-order valence-electron chi connectivity index (χ1n) is 6.42. The first kappa shape index (κ1) is 13.7. The molecule has 2 rings (SSSR count). The number of aryl methyl sites for hydroxylation is 1. The molecule has 0 fully saturated rings. The van der Waals surface area contributed by atoms with Crippen LogP contribution in [0.2, 0.25) is 0 Å². The topological polar surface area (TPSA) is 64.9 Å². The van der Waals surface area contributed by atoms with E-state index >= 15 is 0 Å². The van der Waals surface area contributed by atoms with Gasteiger partial charge in [-0.15, -0.1) is 0 Å². The van der Waals surface area contributed by atoms with E-state index in [-0.39, 0.29) is 11.7 Å². The van der Waals surface area contributed by atoms with Crippen LogP contribution in [0.1, 0.15) is 37.1 Å². The van der Waals surface area contributed by atoms with Crippen molar-refractivity contribution in [1.29, 1.82) is 0 Å². The monoisotopic (exact) mass is 263 g/mol. The second-order valence-corrected chi connectivity index (χ2v) is 4.75. The number of nitrogens with two attached hydrogens (primary N) is 1. The van der Waals surface area contributed by atoms with Crippen molar-refractivity contribution in [2.24, 2.45) is 5.73 Å². The number of rotatable bonds is 5. The molecular weight excluding hydrogens is 245 g/mol. The van der Waals surface area contributed by atoms with E-state index in [0.717, 1.165) is 18.4 Å². The molecule has 2 N–H and O–H groups in total. The van der Waals surface area contributed by atoms with Crippen molar-refractivity contribution in [1.82, 2.24) is 10.1 Å². The maximum atomic E-state index is 13.3. The number of hydrogen-bond acceptors (Lipinski definition) is 4. The summed E-state index contributed by atoms with van der Waals surface area (Å²) >= 11 is 0. The maximum absolute atomic E-state index is 13.3. The van der Waals surface area contributed by atoms with Gasteiger partial charge in [0.25, 0.3) is 0 Å². The van der Waals surface area contributed by atoms with Crippen molar-refractivity contribution in [3.8, 4) is 11.4 Å². The second kappa shape index (κ2) is 5.93. The summed E-state index contributed by atoms with van der Waals surface area (Å²) in [5, 5.41) is 3.93. The summed E-state index contributed by atoms with van der Waals surface area (Å²) in [4.78, 5) is 4.35.